The zero-order valence-electron chi connectivity index (χ0n) is 10.5. The van der Waals surface area contributed by atoms with Crippen LogP contribution >= 0.6 is 11.6 Å². The Labute approximate surface area is 112 Å². The van der Waals surface area contributed by atoms with Gasteiger partial charge in [0.2, 0.25) is 0 Å². The van der Waals surface area contributed by atoms with Gasteiger partial charge in [-0.15, -0.1) is 0 Å². The van der Waals surface area contributed by atoms with E-state index in [1.807, 2.05) is 31.2 Å². The van der Waals surface area contributed by atoms with E-state index in [4.69, 9.17) is 16.3 Å². The van der Waals surface area contributed by atoms with Crippen LogP contribution in [0.4, 0.5) is 0 Å². The Morgan fingerprint density at radius 3 is 2.94 bits per heavy atom. The predicted molar refractivity (Wildman–Crippen MR) is 71.6 cm³/mol. The van der Waals surface area contributed by atoms with Crippen LogP contribution in [0.3, 0.4) is 0 Å². The third kappa shape index (κ3) is 4.00. The van der Waals surface area contributed by atoms with E-state index in [1.165, 1.54) is 12.8 Å². The smallest absolute Gasteiger partial charge is 0.307 e. The zero-order valence-corrected chi connectivity index (χ0v) is 11.2. The molecule has 0 bridgehead atoms. The van der Waals surface area contributed by atoms with Crippen molar-refractivity contribution in [3.05, 3.63) is 34.9 Å². The first kappa shape index (κ1) is 13.4. The number of carbonyl (C=O) groups is 1. The summed E-state index contributed by atoms with van der Waals surface area (Å²) in [6.07, 6.45) is 2.71. The molecule has 2 rings (SSSR count). The quantitative estimate of drug-likeness (QED) is 0.805. The molecule has 0 radical (unpaired) electrons. The molecule has 1 saturated carbocycles. The molecule has 1 N–H and O–H groups in total. The molecule has 1 aromatic carbocycles. The van der Waals surface area contributed by atoms with Gasteiger partial charge in [-0.2, -0.15) is 0 Å². The minimum Gasteiger partial charge on any atom is -0.466 e. The Bertz CT molecular complexity index is 418. The Morgan fingerprint density at radius 1 is 1.56 bits per heavy atom. The van der Waals surface area contributed by atoms with Crippen molar-refractivity contribution in [1.29, 1.82) is 0 Å². The van der Waals surface area contributed by atoms with E-state index in [0.29, 0.717) is 24.1 Å². The first-order valence-electron chi connectivity index (χ1n) is 6.36. The molecule has 1 atom stereocenters. The van der Waals surface area contributed by atoms with Gasteiger partial charge in [0.25, 0.3) is 0 Å². The number of carbonyl (C=O) groups excluding carboxylic acids is 1. The van der Waals surface area contributed by atoms with Crippen LogP contribution in [0, 0.1) is 0 Å². The summed E-state index contributed by atoms with van der Waals surface area (Å²) in [6.45, 7) is 2.24. The van der Waals surface area contributed by atoms with Crippen LogP contribution in [0.15, 0.2) is 24.3 Å². The fraction of sp³-hybridized carbons (Fsp3) is 0.500. The largest absolute Gasteiger partial charge is 0.466 e. The van der Waals surface area contributed by atoms with Gasteiger partial charge < -0.3 is 10.1 Å². The average molecular weight is 268 g/mol. The summed E-state index contributed by atoms with van der Waals surface area (Å²) in [5, 5.41) is 4.16. The van der Waals surface area contributed by atoms with Crippen molar-refractivity contribution in [2.24, 2.45) is 0 Å². The molecule has 1 aromatic rings. The third-order valence-corrected chi connectivity index (χ3v) is 3.18. The van der Waals surface area contributed by atoms with Gasteiger partial charge in [-0.1, -0.05) is 23.7 Å². The molecular formula is C14H18ClNO2. The van der Waals surface area contributed by atoms with Crippen molar-refractivity contribution >= 4 is 17.6 Å². The predicted octanol–water partition coefficient (Wildman–Crippen LogP) is 3.09. The molecule has 4 heteroatoms. The minimum absolute atomic E-state index is 0.00440. The number of halogens is 1. The van der Waals surface area contributed by atoms with Gasteiger partial charge in [-0.05, 0) is 37.5 Å². The van der Waals surface area contributed by atoms with Crippen molar-refractivity contribution in [2.75, 3.05) is 6.61 Å². The van der Waals surface area contributed by atoms with E-state index in [2.05, 4.69) is 5.32 Å². The Morgan fingerprint density at radius 2 is 2.33 bits per heavy atom. The van der Waals surface area contributed by atoms with Crippen LogP contribution in [0.1, 0.15) is 37.8 Å². The third-order valence-electron chi connectivity index (χ3n) is 2.94. The second kappa shape index (κ2) is 6.21. The van der Waals surface area contributed by atoms with Crippen molar-refractivity contribution in [3.8, 4) is 0 Å². The van der Waals surface area contributed by atoms with Crippen molar-refractivity contribution in [2.45, 2.75) is 38.3 Å². The number of hydrogen-bond donors (Lipinski definition) is 1. The lowest BCUT2D eigenvalue weighted by Gasteiger charge is -2.18. The second-order valence-electron chi connectivity index (χ2n) is 4.56. The maximum atomic E-state index is 11.6. The van der Waals surface area contributed by atoms with Gasteiger partial charge >= 0.3 is 5.97 Å². The molecule has 98 valence electrons. The van der Waals surface area contributed by atoms with Crippen molar-refractivity contribution in [1.82, 2.24) is 5.32 Å². The summed E-state index contributed by atoms with van der Waals surface area (Å²) < 4.78 is 5.01. The monoisotopic (exact) mass is 267 g/mol. The Balaban J connectivity index is 2.05. The average Bonchev–Trinajstić information content (AvgIpc) is 3.12. The van der Waals surface area contributed by atoms with Crippen LogP contribution in [-0.2, 0) is 9.53 Å². The van der Waals surface area contributed by atoms with Gasteiger partial charge in [-0.3, -0.25) is 4.79 Å². The molecular weight excluding hydrogens is 250 g/mol. The van der Waals surface area contributed by atoms with Crippen molar-refractivity contribution in [3.63, 3.8) is 0 Å². The van der Waals surface area contributed by atoms with Crippen LogP contribution in [0.5, 0.6) is 0 Å². The standard InChI is InChI=1S/C14H18ClNO2/c1-2-18-14(17)9-13(16-12-6-7-12)10-4-3-5-11(15)8-10/h3-5,8,12-13,16H,2,6-7,9H2,1H3/t13-/m1/s1. The van der Waals surface area contributed by atoms with Crippen molar-refractivity contribution < 1.29 is 9.53 Å². The fourth-order valence-electron chi connectivity index (χ4n) is 1.92. The van der Waals surface area contributed by atoms with E-state index in [1.54, 1.807) is 0 Å². The molecule has 18 heavy (non-hydrogen) atoms. The maximum absolute atomic E-state index is 11.6. The number of benzene rings is 1. The number of nitrogens with one attached hydrogen (secondary N) is 1. The Kier molecular flexibility index (Phi) is 4.61. The number of rotatable bonds is 6. The molecule has 1 aliphatic rings. The lowest BCUT2D eigenvalue weighted by molar-refractivity contribution is -0.143. The molecule has 1 aliphatic carbocycles. The highest BCUT2D eigenvalue weighted by atomic mass is 35.5. The summed E-state index contributed by atoms with van der Waals surface area (Å²) in [7, 11) is 0. The number of esters is 1. The van der Waals surface area contributed by atoms with Gasteiger partial charge in [0.15, 0.2) is 0 Å². The molecule has 1 fully saturated rings. The lowest BCUT2D eigenvalue weighted by Crippen LogP contribution is -2.26. The van der Waals surface area contributed by atoms with E-state index in [0.717, 1.165) is 5.56 Å². The van der Waals surface area contributed by atoms with Crippen LogP contribution in [0.2, 0.25) is 5.02 Å². The molecule has 0 amide bonds. The SMILES string of the molecule is CCOC(=O)C[C@@H](NC1CC1)c1cccc(Cl)c1. The summed E-state index contributed by atoms with van der Waals surface area (Å²) in [5.74, 6) is -0.171. The highest BCUT2D eigenvalue weighted by Gasteiger charge is 2.27. The molecule has 0 aliphatic heterocycles. The topological polar surface area (TPSA) is 38.3 Å². The molecule has 0 spiro atoms. The first-order chi connectivity index (χ1) is 8.69. The summed E-state index contributed by atoms with van der Waals surface area (Å²) >= 11 is 5.99. The molecule has 3 nitrogen and oxygen atoms in total. The minimum atomic E-state index is -0.171. The molecule has 0 heterocycles. The first-order valence-corrected chi connectivity index (χ1v) is 6.74. The normalized spacial score (nSPS) is 16.3. The maximum Gasteiger partial charge on any atom is 0.307 e. The second-order valence-corrected chi connectivity index (χ2v) is 4.99. The zero-order chi connectivity index (χ0) is 13.0. The summed E-state index contributed by atoms with van der Waals surface area (Å²) in [4.78, 5) is 11.6. The van der Waals surface area contributed by atoms with E-state index in [9.17, 15) is 4.79 Å². The van der Waals surface area contributed by atoms with Crippen LogP contribution in [-0.4, -0.2) is 18.6 Å². The fourth-order valence-corrected chi connectivity index (χ4v) is 2.12. The van der Waals surface area contributed by atoms with Crippen LogP contribution in [0.25, 0.3) is 0 Å². The summed E-state index contributed by atoms with van der Waals surface area (Å²) in [6, 6.07) is 8.17. The number of hydrogen-bond acceptors (Lipinski definition) is 3. The van der Waals surface area contributed by atoms with E-state index >= 15 is 0 Å². The van der Waals surface area contributed by atoms with Gasteiger partial charge in [-0.25, -0.2) is 0 Å². The molecule has 0 unspecified atom stereocenters. The van der Waals surface area contributed by atoms with Gasteiger partial charge in [0.05, 0.1) is 13.0 Å². The summed E-state index contributed by atoms with van der Waals surface area (Å²) in [5.41, 5.74) is 1.04. The van der Waals surface area contributed by atoms with E-state index < -0.39 is 0 Å². The van der Waals surface area contributed by atoms with Gasteiger partial charge in [0.1, 0.15) is 0 Å². The molecule has 0 aromatic heterocycles. The Hall–Kier alpha value is -1.06. The van der Waals surface area contributed by atoms with Gasteiger partial charge in [0, 0.05) is 17.1 Å². The number of ether oxygens (including phenoxy) is 1. The van der Waals surface area contributed by atoms with Crippen LogP contribution < -0.4 is 5.32 Å². The lowest BCUT2D eigenvalue weighted by atomic mass is 10.0. The molecule has 0 saturated heterocycles. The van der Waals surface area contributed by atoms with E-state index in [-0.39, 0.29) is 12.0 Å². The highest BCUT2D eigenvalue weighted by molar-refractivity contribution is 6.30. The highest BCUT2D eigenvalue weighted by Crippen LogP contribution is 2.27.